The van der Waals surface area contributed by atoms with E-state index in [4.69, 9.17) is 9.47 Å². The van der Waals surface area contributed by atoms with Crippen molar-refractivity contribution in [1.82, 2.24) is 4.57 Å². The van der Waals surface area contributed by atoms with Gasteiger partial charge in [0.25, 0.3) is 0 Å². The van der Waals surface area contributed by atoms with Gasteiger partial charge in [0.1, 0.15) is 17.1 Å². The monoisotopic (exact) mass is 545 g/mol. The number of fused-ring (bicyclic) bond motifs is 3. The Morgan fingerprint density at radius 2 is 1.82 bits per heavy atom. The lowest BCUT2D eigenvalue weighted by atomic mass is 9.78. The molecule has 0 fully saturated rings. The maximum absolute atomic E-state index is 12.9. The first kappa shape index (κ1) is 28.2. The number of hydrogen-bond acceptors (Lipinski definition) is 5. The molecule has 1 aromatic heterocycles. The van der Waals surface area contributed by atoms with Crippen LogP contribution in [0.2, 0.25) is 0 Å². The van der Waals surface area contributed by atoms with Gasteiger partial charge in [0.2, 0.25) is 0 Å². The lowest BCUT2D eigenvalue weighted by Crippen LogP contribution is -2.32. The number of hydrogen-bond donors (Lipinski definition) is 1. The summed E-state index contributed by atoms with van der Waals surface area (Å²) < 4.78 is 55.9. The fourth-order valence-corrected chi connectivity index (χ4v) is 4.83. The molecule has 4 rings (SSSR count). The van der Waals surface area contributed by atoms with Crippen LogP contribution in [0.25, 0.3) is 22.4 Å². The highest BCUT2D eigenvalue weighted by Crippen LogP contribution is 2.46. The lowest BCUT2D eigenvalue weighted by molar-refractivity contribution is -0.274. The number of aromatic carboxylic acids is 1. The van der Waals surface area contributed by atoms with E-state index >= 15 is 0 Å². The van der Waals surface area contributed by atoms with E-state index in [1.54, 1.807) is 19.2 Å². The molecule has 208 valence electrons. The molecule has 0 amide bonds. The number of carboxylic acids is 1. The Morgan fingerprint density at radius 3 is 2.46 bits per heavy atom. The minimum Gasteiger partial charge on any atom is -0.493 e. The number of ether oxygens (including phenoxy) is 3. The van der Waals surface area contributed by atoms with Crippen LogP contribution in [0.3, 0.4) is 0 Å². The molecule has 0 saturated heterocycles. The van der Waals surface area contributed by atoms with Crippen LogP contribution in [-0.4, -0.2) is 42.3 Å². The molecule has 39 heavy (non-hydrogen) atoms. The van der Waals surface area contributed by atoms with Crippen molar-refractivity contribution >= 4 is 5.97 Å². The maximum Gasteiger partial charge on any atom is 0.573 e. The van der Waals surface area contributed by atoms with Gasteiger partial charge in [-0.3, -0.25) is 4.79 Å². The minimum atomic E-state index is -4.85. The van der Waals surface area contributed by atoms with Crippen LogP contribution in [0.1, 0.15) is 49.2 Å². The Morgan fingerprint density at radius 1 is 1.08 bits per heavy atom. The van der Waals surface area contributed by atoms with Crippen LogP contribution in [-0.2, 0) is 11.2 Å². The molecule has 1 aliphatic rings. The van der Waals surface area contributed by atoms with E-state index in [0.717, 1.165) is 5.56 Å². The quantitative estimate of drug-likeness (QED) is 0.333. The Labute approximate surface area is 223 Å². The van der Waals surface area contributed by atoms with Crippen molar-refractivity contribution in [2.75, 3.05) is 20.3 Å². The molecule has 3 aromatic rings. The first-order valence-corrected chi connectivity index (χ1v) is 12.4. The summed E-state index contributed by atoms with van der Waals surface area (Å²) in [4.78, 5) is 24.5. The third kappa shape index (κ3) is 6.27. The lowest BCUT2D eigenvalue weighted by Gasteiger charge is -2.39. The van der Waals surface area contributed by atoms with E-state index in [9.17, 15) is 27.9 Å². The van der Waals surface area contributed by atoms with Gasteiger partial charge in [0.05, 0.1) is 12.3 Å². The Balaban J connectivity index is 1.92. The fraction of sp³-hybridized carbons (Fsp3) is 0.379. The van der Waals surface area contributed by atoms with Crippen molar-refractivity contribution in [3.8, 4) is 33.9 Å². The average Bonchev–Trinajstić information content (AvgIpc) is 2.83. The first-order valence-electron chi connectivity index (χ1n) is 12.4. The maximum atomic E-state index is 12.9. The molecule has 2 aromatic carbocycles. The van der Waals surface area contributed by atoms with Gasteiger partial charge in [-0.2, -0.15) is 0 Å². The molecule has 0 bridgehead atoms. The van der Waals surface area contributed by atoms with Crippen molar-refractivity contribution in [1.29, 1.82) is 0 Å². The zero-order valence-electron chi connectivity index (χ0n) is 22.1. The highest BCUT2D eigenvalue weighted by atomic mass is 19.4. The predicted octanol–water partition coefficient (Wildman–Crippen LogP) is 6.34. The summed E-state index contributed by atoms with van der Waals surface area (Å²) in [6.07, 6.45) is -2.34. The number of pyridine rings is 1. The summed E-state index contributed by atoms with van der Waals surface area (Å²) in [5.41, 5.74) is 1.77. The number of benzene rings is 2. The molecular formula is C29H30F3NO6. The van der Waals surface area contributed by atoms with Gasteiger partial charge in [0, 0.05) is 49.6 Å². The summed E-state index contributed by atoms with van der Waals surface area (Å²) in [7, 11) is 1.58. The molecule has 2 heterocycles. The second kappa shape index (κ2) is 10.8. The summed E-state index contributed by atoms with van der Waals surface area (Å²) in [6.45, 7) is 6.90. The summed E-state index contributed by atoms with van der Waals surface area (Å²) in [6, 6.07) is 10.4. The molecule has 1 atom stereocenters. The third-order valence-electron chi connectivity index (χ3n) is 6.67. The van der Waals surface area contributed by atoms with Crippen LogP contribution in [0.15, 0.2) is 53.5 Å². The van der Waals surface area contributed by atoms with Gasteiger partial charge >= 0.3 is 12.3 Å². The standard InChI is InChI=1S/C29H30F3NO6/c1-28(2,3)26-13-18-12-25(38-10-6-9-37-4)21(17-7-5-8-19(11-17)39-29(30,31)32)14-20(18)23-15-24(34)22(27(35)36)16-33(23)26/h5,7-8,11-12,14-16,26H,6,9-10,13H2,1-4H3,(H,35,36)/t26-/m0/s1. The predicted molar refractivity (Wildman–Crippen MR) is 139 cm³/mol. The second-order valence-electron chi connectivity index (χ2n) is 10.5. The number of methoxy groups -OCH3 is 1. The van der Waals surface area contributed by atoms with Crippen molar-refractivity contribution < 1.29 is 37.3 Å². The zero-order chi connectivity index (χ0) is 28.5. The molecule has 0 unspecified atom stereocenters. The van der Waals surface area contributed by atoms with Crippen molar-refractivity contribution in [2.45, 2.75) is 46.0 Å². The fourth-order valence-electron chi connectivity index (χ4n) is 4.83. The van der Waals surface area contributed by atoms with Crippen molar-refractivity contribution in [2.24, 2.45) is 5.41 Å². The first-order chi connectivity index (χ1) is 18.3. The number of carbonyl (C=O) groups is 1. The molecule has 10 heteroatoms. The SMILES string of the molecule is COCCCOc1cc2c(cc1-c1cccc(OC(F)(F)F)c1)-c1cc(=O)c(C(=O)O)cn1[C@H](C(C)(C)C)C2. The topological polar surface area (TPSA) is 87.0 Å². The molecule has 0 aliphatic carbocycles. The molecule has 1 N–H and O–H groups in total. The van der Waals surface area contributed by atoms with Gasteiger partial charge in [-0.1, -0.05) is 32.9 Å². The van der Waals surface area contributed by atoms with Gasteiger partial charge in [-0.25, -0.2) is 4.79 Å². The Hall–Kier alpha value is -3.79. The Bertz CT molecular complexity index is 1440. The van der Waals surface area contributed by atoms with Crippen LogP contribution in [0.5, 0.6) is 11.5 Å². The molecular weight excluding hydrogens is 515 g/mol. The van der Waals surface area contributed by atoms with Gasteiger partial charge in [-0.15, -0.1) is 13.2 Å². The van der Waals surface area contributed by atoms with Crippen LogP contribution in [0, 0.1) is 5.41 Å². The smallest absolute Gasteiger partial charge is 0.493 e. The molecule has 1 aliphatic heterocycles. The third-order valence-corrected chi connectivity index (χ3v) is 6.67. The summed E-state index contributed by atoms with van der Waals surface area (Å²) >= 11 is 0. The highest BCUT2D eigenvalue weighted by molar-refractivity contribution is 5.88. The minimum absolute atomic E-state index is 0.172. The second-order valence-corrected chi connectivity index (χ2v) is 10.5. The van der Waals surface area contributed by atoms with E-state index < -0.39 is 17.8 Å². The van der Waals surface area contributed by atoms with E-state index in [1.807, 2.05) is 31.4 Å². The normalized spacial score (nSPS) is 14.9. The summed E-state index contributed by atoms with van der Waals surface area (Å²) in [5.74, 6) is -1.21. The molecule has 7 nitrogen and oxygen atoms in total. The van der Waals surface area contributed by atoms with Crippen molar-refractivity contribution in [3.05, 3.63) is 70.0 Å². The largest absolute Gasteiger partial charge is 0.573 e. The molecule has 0 radical (unpaired) electrons. The zero-order valence-corrected chi connectivity index (χ0v) is 22.1. The van der Waals surface area contributed by atoms with Gasteiger partial charge < -0.3 is 23.9 Å². The van der Waals surface area contributed by atoms with E-state index in [0.29, 0.717) is 54.2 Å². The molecule has 0 spiro atoms. The van der Waals surface area contributed by atoms with E-state index in [1.165, 1.54) is 30.5 Å². The van der Waals surface area contributed by atoms with E-state index in [-0.39, 0.29) is 22.8 Å². The van der Waals surface area contributed by atoms with Gasteiger partial charge in [0.15, 0.2) is 5.43 Å². The number of aromatic nitrogens is 1. The van der Waals surface area contributed by atoms with Crippen molar-refractivity contribution in [3.63, 3.8) is 0 Å². The van der Waals surface area contributed by atoms with Crippen LogP contribution >= 0.6 is 0 Å². The number of halogens is 3. The van der Waals surface area contributed by atoms with Crippen LogP contribution in [0.4, 0.5) is 13.2 Å². The van der Waals surface area contributed by atoms with Crippen LogP contribution < -0.4 is 14.9 Å². The van der Waals surface area contributed by atoms with Gasteiger partial charge in [-0.05, 0) is 47.2 Å². The number of alkyl halides is 3. The average molecular weight is 546 g/mol. The summed E-state index contributed by atoms with van der Waals surface area (Å²) in [5, 5.41) is 9.58. The Kier molecular flexibility index (Phi) is 7.79. The van der Waals surface area contributed by atoms with E-state index in [2.05, 4.69) is 4.74 Å². The number of carboxylic acid groups (broad SMARTS) is 1. The highest BCUT2D eigenvalue weighted by Gasteiger charge is 2.35. The number of nitrogens with zero attached hydrogens (tertiary/aromatic N) is 1. The number of rotatable bonds is 8. The molecule has 0 saturated carbocycles.